The lowest BCUT2D eigenvalue weighted by atomic mass is 10.2. The minimum Gasteiger partial charge on any atom is -0.485 e. The van der Waals surface area contributed by atoms with Gasteiger partial charge in [-0.15, -0.1) is 0 Å². The number of rotatable bonds is 6. The van der Waals surface area contributed by atoms with Crippen molar-refractivity contribution in [1.82, 2.24) is 10.1 Å². The van der Waals surface area contributed by atoms with E-state index in [9.17, 15) is 4.79 Å². The van der Waals surface area contributed by atoms with Crippen molar-refractivity contribution in [2.75, 3.05) is 0 Å². The molecule has 0 aliphatic rings. The monoisotopic (exact) mass is 288 g/mol. The van der Waals surface area contributed by atoms with E-state index in [1.54, 1.807) is 24.3 Å². The van der Waals surface area contributed by atoms with Crippen molar-refractivity contribution in [3.05, 3.63) is 47.6 Å². The lowest BCUT2D eigenvalue weighted by Crippen LogP contribution is -1.98. The predicted molar refractivity (Wildman–Crippen MR) is 75.8 cm³/mol. The third-order valence-corrected chi connectivity index (χ3v) is 2.64. The first-order chi connectivity index (χ1) is 10.0. The summed E-state index contributed by atoms with van der Waals surface area (Å²) in [6.07, 6.45) is 2.60. The summed E-state index contributed by atoms with van der Waals surface area (Å²) >= 11 is 0. The largest absolute Gasteiger partial charge is 0.485 e. The molecule has 1 heterocycles. The van der Waals surface area contributed by atoms with Crippen LogP contribution >= 0.6 is 0 Å². The number of carbonyl (C=O) groups is 1. The molecular weight excluding hydrogens is 272 g/mol. The maximum atomic E-state index is 10.4. The molecule has 0 aliphatic carbocycles. The zero-order valence-electron chi connectivity index (χ0n) is 11.8. The Kier molecular flexibility index (Phi) is 4.71. The fourth-order valence-corrected chi connectivity index (χ4v) is 1.55. The maximum absolute atomic E-state index is 10.4. The molecule has 2 aromatic rings. The first-order valence-electron chi connectivity index (χ1n) is 6.51. The van der Waals surface area contributed by atoms with Gasteiger partial charge in [0.05, 0.1) is 0 Å². The van der Waals surface area contributed by atoms with E-state index in [4.69, 9.17) is 14.4 Å². The fourth-order valence-electron chi connectivity index (χ4n) is 1.55. The molecule has 0 unspecified atom stereocenters. The van der Waals surface area contributed by atoms with Gasteiger partial charge >= 0.3 is 5.97 Å². The molecule has 0 atom stereocenters. The number of benzene rings is 1. The number of aromatic nitrogens is 2. The predicted octanol–water partition coefficient (Wildman–Crippen LogP) is 2.87. The summed E-state index contributed by atoms with van der Waals surface area (Å²) in [5.74, 6) is 0.939. The van der Waals surface area contributed by atoms with Crippen LogP contribution in [-0.2, 0) is 11.4 Å². The quantitative estimate of drug-likeness (QED) is 0.823. The van der Waals surface area contributed by atoms with Gasteiger partial charge in [0.25, 0.3) is 0 Å². The Hall–Kier alpha value is -2.63. The first-order valence-corrected chi connectivity index (χ1v) is 6.51. The molecule has 0 saturated heterocycles. The van der Waals surface area contributed by atoms with Crippen LogP contribution in [0.3, 0.4) is 0 Å². The summed E-state index contributed by atoms with van der Waals surface area (Å²) in [5.41, 5.74) is 0.784. The maximum Gasteiger partial charge on any atom is 0.328 e. The van der Waals surface area contributed by atoms with Gasteiger partial charge in [0, 0.05) is 12.0 Å². The molecule has 21 heavy (non-hydrogen) atoms. The highest BCUT2D eigenvalue weighted by atomic mass is 16.5. The van der Waals surface area contributed by atoms with Crippen LogP contribution in [0.25, 0.3) is 6.08 Å². The van der Waals surface area contributed by atoms with Crippen LogP contribution in [0.1, 0.15) is 37.0 Å². The van der Waals surface area contributed by atoms with Gasteiger partial charge in [-0.1, -0.05) is 31.1 Å². The Bertz CT molecular complexity index is 629. The molecular formula is C15H16N2O4. The van der Waals surface area contributed by atoms with E-state index in [2.05, 4.69) is 10.1 Å². The highest BCUT2D eigenvalue weighted by Gasteiger charge is 2.10. The van der Waals surface area contributed by atoms with Crippen LogP contribution in [-0.4, -0.2) is 21.2 Å². The van der Waals surface area contributed by atoms with Crippen LogP contribution < -0.4 is 4.74 Å². The Morgan fingerprint density at radius 2 is 2.10 bits per heavy atom. The second-order valence-electron chi connectivity index (χ2n) is 4.73. The molecule has 1 aromatic heterocycles. The second kappa shape index (κ2) is 6.69. The van der Waals surface area contributed by atoms with Crippen molar-refractivity contribution in [2.45, 2.75) is 26.4 Å². The minimum atomic E-state index is -0.978. The SMILES string of the molecule is CC(C)c1nc(COc2ccc(C=CC(=O)O)cc2)no1. The number of hydrogen-bond acceptors (Lipinski definition) is 5. The molecule has 0 amide bonds. The molecule has 0 radical (unpaired) electrons. The van der Waals surface area contributed by atoms with Crippen molar-refractivity contribution in [3.63, 3.8) is 0 Å². The van der Waals surface area contributed by atoms with Crippen LogP contribution in [0, 0.1) is 0 Å². The summed E-state index contributed by atoms with van der Waals surface area (Å²) < 4.78 is 10.6. The number of aliphatic carboxylic acids is 1. The van der Waals surface area contributed by atoms with Crippen LogP contribution in [0.2, 0.25) is 0 Å². The third-order valence-electron chi connectivity index (χ3n) is 2.64. The van der Waals surface area contributed by atoms with Crippen LogP contribution in [0.5, 0.6) is 5.75 Å². The molecule has 1 N–H and O–H groups in total. The van der Waals surface area contributed by atoms with E-state index in [1.807, 2.05) is 13.8 Å². The van der Waals surface area contributed by atoms with E-state index in [1.165, 1.54) is 6.08 Å². The van der Waals surface area contributed by atoms with Crippen molar-refractivity contribution in [1.29, 1.82) is 0 Å². The van der Waals surface area contributed by atoms with Crippen molar-refractivity contribution in [2.24, 2.45) is 0 Å². The van der Waals surface area contributed by atoms with Gasteiger partial charge in [0.1, 0.15) is 5.75 Å². The van der Waals surface area contributed by atoms with Gasteiger partial charge in [0.15, 0.2) is 6.61 Å². The highest BCUT2D eigenvalue weighted by Crippen LogP contribution is 2.15. The van der Waals surface area contributed by atoms with E-state index < -0.39 is 5.97 Å². The highest BCUT2D eigenvalue weighted by molar-refractivity contribution is 5.85. The molecule has 6 nitrogen and oxygen atoms in total. The lowest BCUT2D eigenvalue weighted by molar-refractivity contribution is -0.131. The van der Waals surface area contributed by atoms with Gasteiger partial charge in [-0.2, -0.15) is 4.98 Å². The van der Waals surface area contributed by atoms with Gasteiger partial charge in [-0.25, -0.2) is 4.79 Å². The summed E-state index contributed by atoms with van der Waals surface area (Å²) in [6, 6.07) is 7.05. The van der Waals surface area contributed by atoms with E-state index >= 15 is 0 Å². The Labute approximate surface area is 122 Å². The van der Waals surface area contributed by atoms with Crippen molar-refractivity contribution >= 4 is 12.0 Å². The topological polar surface area (TPSA) is 85.5 Å². The molecule has 6 heteroatoms. The smallest absolute Gasteiger partial charge is 0.328 e. The summed E-state index contributed by atoms with van der Waals surface area (Å²) in [5, 5.41) is 12.4. The van der Waals surface area contributed by atoms with E-state index in [0.717, 1.165) is 11.6 Å². The zero-order valence-corrected chi connectivity index (χ0v) is 11.8. The molecule has 0 fully saturated rings. The number of hydrogen-bond donors (Lipinski definition) is 1. The van der Waals surface area contributed by atoms with Crippen molar-refractivity contribution in [3.8, 4) is 5.75 Å². The third kappa shape index (κ3) is 4.45. The molecule has 0 bridgehead atoms. The number of carboxylic acid groups (broad SMARTS) is 1. The second-order valence-corrected chi connectivity index (χ2v) is 4.73. The van der Waals surface area contributed by atoms with E-state index in [0.29, 0.717) is 17.5 Å². The van der Waals surface area contributed by atoms with Crippen LogP contribution in [0.4, 0.5) is 0 Å². The normalized spacial score (nSPS) is 11.2. The zero-order chi connectivity index (χ0) is 15.2. The van der Waals surface area contributed by atoms with Gasteiger partial charge in [-0.05, 0) is 23.8 Å². The fraction of sp³-hybridized carbons (Fsp3) is 0.267. The van der Waals surface area contributed by atoms with Crippen molar-refractivity contribution < 1.29 is 19.2 Å². The van der Waals surface area contributed by atoms with E-state index in [-0.39, 0.29) is 12.5 Å². The van der Waals surface area contributed by atoms with Crippen LogP contribution in [0.15, 0.2) is 34.9 Å². The molecule has 1 aromatic carbocycles. The summed E-state index contributed by atoms with van der Waals surface area (Å²) in [7, 11) is 0. The summed E-state index contributed by atoms with van der Waals surface area (Å²) in [4.78, 5) is 14.6. The van der Waals surface area contributed by atoms with Gasteiger partial charge in [0.2, 0.25) is 11.7 Å². The Morgan fingerprint density at radius 1 is 1.38 bits per heavy atom. The molecule has 110 valence electrons. The number of carboxylic acids is 1. The molecule has 0 spiro atoms. The standard InChI is InChI=1S/C15H16N2O4/c1-10(2)15-16-13(17-21-15)9-20-12-6-3-11(4-7-12)5-8-14(18)19/h3-8,10H,9H2,1-2H3,(H,18,19). The Morgan fingerprint density at radius 3 is 2.67 bits per heavy atom. The lowest BCUT2D eigenvalue weighted by Gasteiger charge is -2.03. The number of nitrogens with zero attached hydrogens (tertiary/aromatic N) is 2. The molecule has 0 saturated carbocycles. The van der Waals surface area contributed by atoms with Gasteiger partial charge < -0.3 is 14.4 Å². The molecule has 0 aliphatic heterocycles. The number of ether oxygens (including phenoxy) is 1. The van der Waals surface area contributed by atoms with Gasteiger partial charge in [-0.3, -0.25) is 0 Å². The average Bonchev–Trinajstić information content (AvgIpc) is 2.93. The first kappa shape index (κ1) is 14.8. The molecule has 2 rings (SSSR count). The summed E-state index contributed by atoms with van der Waals surface area (Å²) in [6.45, 7) is 4.17. The Balaban J connectivity index is 1.92. The minimum absolute atomic E-state index is 0.187. The average molecular weight is 288 g/mol.